The first-order valence-electron chi connectivity index (χ1n) is 55.5. The SMILES string of the molecule is CCO[Si](OCC)(OCC)C(CC1(CC(SSSSC23CCC(CC2)C3)[Si](OCC)(OCC)OCC)CCCC(CC(SSSSC23CCC(CC2)C3)[Si](OCC)(OCC)OCC)(CC(SSSSC23CCC(CC2)C3)[Si](OCC)(OCC)OCC)C1(CC(SSSSC12CCC(CC1)C2)[Si](OCC)(OCC)OCC)CC(SSSSC12CCC(CC1)C2)[Si](OCC)(OCC)OCC)SSSSC12CCC(CC1)C2. The summed E-state index contributed by atoms with van der Waals surface area (Å²) in [4.78, 5) is -2.46. The predicted octanol–water partition coefficient (Wildman–Crippen LogP) is 36.3. The van der Waals surface area contributed by atoms with E-state index in [0.29, 0.717) is 157 Å². The molecule has 18 nitrogen and oxygen atoms in total. The van der Waals surface area contributed by atoms with Gasteiger partial charge < -0.3 is 79.7 Å². The van der Waals surface area contributed by atoms with Crippen LogP contribution in [0.25, 0.3) is 0 Å². The second-order valence-corrected chi connectivity index (χ2v) is 99.5. The van der Waals surface area contributed by atoms with Gasteiger partial charge in [-0.2, -0.15) is 0 Å². The fourth-order valence-electron chi connectivity index (χ4n) is 27.9. The van der Waals surface area contributed by atoms with E-state index in [1.54, 1.807) is 0 Å². The molecule has 6 unspecified atom stereocenters. The molecule has 0 heterocycles. The van der Waals surface area contributed by atoms with Crippen LogP contribution in [0.3, 0.4) is 0 Å². The van der Waals surface area contributed by atoms with Gasteiger partial charge in [-0.25, -0.2) is 0 Å². The lowest BCUT2D eigenvalue weighted by atomic mass is 9.40. The van der Waals surface area contributed by atoms with Crippen LogP contribution in [0.4, 0.5) is 0 Å². The van der Waals surface area contributed by atoms with Crippen LogP contribution in [0.5, 0.6) is 0 Å². The minimum Gasteiger partial charge on any atom is -0.373 e. The van der Waals surface area contributed by atoms with Gasteiger partial charge >= 0.3 is 52.8 Å². The van der Waals surface area contributed by atoms with Crippen molar-refractivity contribution >= 4 is 300 Å². The average Bonchev–Trinajstić information content (AvgIpc) is 1.24. The molecule has 6 atom stereocenters. The lowest BCUT2D eigenvalue weighted by Gasteiger charge is -2.69. The molecule has 13 saturated carbocycles. The minimum atomic E-state index is -4.13. The van der Waals surface area contributed by atoms with Crippen molar-refractivity contribution in [3.63, 3.8) is 0 Å². The highest BCUT2D eigenvalue weighted by molar-refractivity contribution is 9.28. The summed E-state index contributed by atoms with van der Waals surface area (Å²) in [5.41, 5.74) is -2.91. The highest BCUT2D eigenvalue weighted by Gasteiger charge is 2.76. The van der Waals surface area contributed by atoms with Gasteiger partial charge in [-0.05, 0) is 538 Å². The molecule has 12 bridgehead atoms. The third-order valence-electron chi connectivity index (χ3n) is 33.7. The molecule has 48 heteroatoms. The maximum Gasteiger partial charge on any atom is 0.515 e. The highest BCUT2D eigenvalue weighted by atomic mass is 33.7. The Kier molecular flexibility index (Phi) is 57.1. The van der Waals surface area contributed by atoms with Crippen molar-refractivity contribution in [1.29, 1.82) is 0 Å². The number of rotatable bonds is 84. The van der Waals surface area contributed by atoms with Crippen molar-refractivity contribution in [2.75, 3.05) is 119 Å². The van der Waals surface area contributed by atoms with E-state index in [0.717, 1.165) is 54.8 Å². The molecule has 13 aliphatic carbocycles. The van der Waals surface area contributed by atoms with E-state index in [-0.39, 0.29) is 28.5 Å². The fourth-order valence-corrected chi connectivity index (χ4v) is 108. The molecule has 13 fully saturated rings. The zero-order valence-corrected chi connectivity index (χ0v) is 115. The van der Waals surface area contributed by atoms with Gasteiger partial charge in [-0.3, -0.25) is 0 Å². The maximum atomic E-state index is 8.05. The third kappa shape index (κ3) is 32.6. The van der Waals surface area contributed by atoms with Gasteiger partial charge in [-0.15, -0.1) is 0 Å². The molecule has 13 aliphatic rings. The Balaban J connectivity index is 1.21. The third-order valence-corrected chi connectivity index (χ3v) is 106. The maximum absolute atomic E-state index is 8.05. The topological polar surface area (TPSA) is 166 Å². The molecule has 144 heavy (non-hydrogen) atoms. The van der Waals surface area contributed by atoms with E-state index in [2.05, 4.69) is 189 Å². The zero-order valence-electron chi connectivity index (χ0n) is 89.9. The van der Waals surface area contributed by atoms with Gasteiger partial charge in [0.15, 0.2) is 0 Å². The van der Waals surface area contributed by atoms with E-state index >= 15 is 0 Å². The van der Waals surface area contributed by atoms with E-state index in [9.17, 15) is 0 Å². The van der Waals surface area contributed by atoms with E-state index in [1.807, 2.05) is 183 Å². The summed E-state index contributed by atoms with van der Waals surface area (Å²) in [6.45, 7) is 46.6. The first-order chi connectivity index (χ1) is 69.9. The lowest BCUT2D eigenvalue weighted by Crippen LogP contribution is -2.70. The van der Waals surface area contributed by atoms with Crippen LogP contribution in [-0.2, 0) is 79.7 Å². The highest BCUT2D eigenvalue weighted by Crippen LogP contribution is 2.79. The Labute approximate surface area is 971 Å². The Hall–Kier alpha value is 8.98. The molecule has 0 aliphatic heterocycles. The summed E-state index contributed by atoms with van der Waals surface area (Å²) in [5.74, 6) is 4.78. The zero-order chi connectivity index (χ0) is 102. The van der Waals surface area contributed by atoms with E-state index < -0.39 is 98.3 Å². The summed E-state index contributed by atoms with van der Waals surface area (Å²) >= 11 is 0. The molecule has 0 spiro atoms. The summed E-state index contributed by atoms with van der Waals surface area (Å²) < 4.78 is 145. The summed E-state index contributed by atoms with van der Waals surface area (Å²) in [6, 6.07) is 0. The van der Waals surface area contributed by atoms with Crippen molar-refractivity contribution in [3.05, 3.63) is 0 Å². The van der Waals surface area contributed by atoms with Gasteiger partial charge in [-0.1, -0.05) is 136 Å². The molecule has 0 N–H and O–H groups in total. The Morgan fingerprint density at radius 3 is 0.431 bits per heavy atom. The lowest BCUT2D eigenvalue weighted by molar-refractivity contribution is -0.159. The van der Waals surface area contributed by atoms with Crippen LogP contribution < -0.4 is 0 Å². The first kappa shape index (κ1) is 130. The summed E-state index contributed by atoms with van der Waals surface area (Å²) in [7, 11) is 24.5. The fraction of sp³-hybridized carbons (Fsp3) is 1.00. The van der Waals surface area contributed by atoms with Crippen molar-refractivity contribution in [2.24, 2.45) is 51.8 Å². The van der Waals surface area contributed by atoms with Gasteiger partial charge in [0.25, 0.3) is 0 Å². The van der Waals surface area contributed by atoms with Crippen molar-refractivity contribution in [3.8, 4) is 0 Å². The number of fused-ring (bicyclic) bond motifs is 12. The molecular weight excluding hydrogens is 2380 g/mol. The second-order valence-electron chi connectivity index (χ2n) is 41.9. The predicted molar refractivity (Wildman–Crippen MR) is 673 cm³/mol. The molecule has 0 amide bonds. The molecular formula is C96H180O18S24Si6. The smallest absolute Gasteiger partial charge is 0.373 e. The van der Waals surface area contributed by atoms with E-state index in [1.165, 1.54) is 193 Å². The summed E-state index contributed by atoms with van der Waals surface area (Å²) in [5, 5.41) is 0. The normalized spacial score (nSPS) is 32.1. The molecule has 13 rings (SSSR count). The first-order valence-corrected chi connectivity index (χ1v) is 95.6. The summed E-state index contributed by atoms with van der Waals surface area (Å²) in [6.07, 6.45) is 44.4. The van der Waals surface area contributed by atoms with Crippen LogP contribution in [0.1, 0.15) is 375 Å². The molecule has 0 radical (unpaired) electrons. The average molecular weight is 2560 g/mol. The van der Waals surface area contributed by atoms with E-state index in [4.69, 9.17) is 79.7 Å². The van der Waals surface area contributed by atoms with Crippen LogP contribution in [0, 0.1) is 51.8 Å². The van der Waals surface area contributed by atoms with Crippen LogP contribution in [-0.4, -0.2) is 229 Å². The molecule has 0 aromatic carbocycles. The van der Waals surface area contributed by atoms with Crippen molar-refractivity contribution in [1.82, 2.24) is 0 Å². The standard InChI is InChI=1S/C96H180O18S24Si6/c1-19-97-139(98-20-2,99-21-3)82(115-127-133-121-90-52-38-76(64-90)39-53-90)70-88(71-83(140(100-22-4,101-23-5)102-24-6)116-128-134-122-91-54-40-77(65-91)41-55-91)50-37-51-89(72-84(141(103-25-7,104-26-8)105-27-9)117-129-135-123-92-56-42-78(66-92)43-57-92,73-85(142(106-28-10,107-29-11)108-30-12)118-130-136-124-93-58-44-79(67-93)45-59-93)96(88,74-86(143(109-31-13,110-32-14)111-33-15)119-131-137-125-94-60-46-80(68-94)47-61-94)75-87(144(112-34-16,113-35-17)114-36-18)120-132-138-126-95-62-48-81(69-95)49-63-95/h76-87H,19-75H2,1-18H3. The van der Waals surface area contributed by atoms with Crippen LogP contribution in [0.2, 0.25) is 0 Å². The molecule has 0 saturated heterocycles. The Morgan fingerprint density at radius 2 is 0.312 bits per heavy atom. The quantitative estimate of drug-likeness (QED) is 0.0320. The second kappa shape index (κ2) is 63.3. The minimum absolute atomic E-state index is 0.222. The van der Waals surface area contributed by atoms with Crippen molar-refractivity contribution < 1.29 is 79.7 Å². The number of hydrogen-bond donors (Lipinski definition) is 0. The monoisotopic (exact) mass is 2560 g/mol. The van der Waals surface area contributed by atoms with Gasteiger partial charge in [0, 0.05) is 147 Å². The molecule has 840 valence electrons. The Bertz CT molecular complexity index is 3170. The van der Waals surface area contributed by atoms with Crippen LogP contribution in [0.15, 0.2) is 0 Å². The Morgan fingerprint density at radius 1 is 0.181 bits per heavy atom. The molecule has 0 aromatic rings. The van der Waals surface area contributed by atoms with Gasteiger partial charge in [0.1, 0.15) is 0 Å². The van der Waals surface area contributed by atoms with Gasteiger partial charge in [0.2, 0.25) is 0 Å². The largest absolute Gasteiger partial charge is 0.515 e. The molecule has 0 aromatic heterocycles. The van der Waals surface area contributed by atoms with Crippen molar-refractivity contribution in [2.45, 2.75) is 433 Å². The van der Waals surface area contributed by atoms with Crippen LogP contribution >= 0.6 is 247 Å². The number of hydrogen-bond acceptors (Lipinski definition) is 42. The van der Waals surface area contributed by atoms with Gasteiger partial charge in [0.05, 0.1) is 29.2 Å².